The molecule has 1 N–H and O–H groups in total. The molecule has 16 heavy (non-hydrogen) atoms. The van der Waals surface area contributed by atoms with E-state index in [1.165, 1.54) is 12.8 Å². The molecular formula is C12H22N2O2. The Bertz CT molecular complexity index is 221. The molecule has 92 valence electrons. The van der Waals surface area contributed by atoms with Gasteiger partial charge in [0.1, 0.15) is 0 Å². The Morgan fingerprint density at radius 2 is 1.94 bits per heavy atom. The minimum atomic E-state index is -0.105. The molecule has 4 heteroatoms. The summed E-state index contributed by atoms with van der Waals surface area (Å²) in [6.07, 6.45) is 5.63. The maximum atomic E-state index is 11.6. The summed E-state index contributed by atoms with van der Waals surface area (Å²) in [4.78, 5) is 13.4. The van der Waals surface area contributed by atoms with E-state index in [-0.39, 0.29) is 6.09 Å². The van der Waals surface area contributed by atoms with Crippen LogP contribution in [0, 0.1) is 5.92 Å². The van der Waals surface area contributed by atoms with Gasteiger partial charge in [-0.1, -0.05) is 0 Å². The molecule has 0 aromatic heterocycles. The average Bonchev–Trinajstić information content (AvgIpc) is 2.84. The second-order valence-corrected chi connectivity index (χ2v) is 4.79. The summed E-state index contributed by atoms with van der Waals surface area (Å²) >= 11 is 0. The van der Waals surface area contributed by atoms with Crippen molar-refractivity contribution < 1.29 is 9.53 Å². The van der Waals surface area contributed by atoms with E-state index >= 15 is 0 Å². The highest BCUT2D eigenvalue weighted by Gasteiger charge is 2.19. The second-order valence-electron chi connectivity index (χ2n) is 4.79. The summed E-state index contributed by atoms with van der Waals surface area (Å²) < 4.78 is 5.30. The van der Waals surface area contributed by atoms with E-state index in [1.54, 1.807) is 0 Å². The zero-order chi connectivity index (χ0) is 11.2. The van der Waals surface area contributed by atoms with Gasteiger partial charge < -0.3 is 15.0 Å². The van der Waals surface area contributed by atoms with Crippen molar-refractivity contribution in [2.45, 2.75) is 32.1 Å². The Labute approximate surface area is 97.3 Å². The van der Waals surface area contributed by atoms with E-state index in [2.05, 4.69) is 5.32 Å². The highest BCUT2D eigenvalue weighted by molar-refractivity contribution is 5.67. The van der Waals surface area contributed by atoms with Crippen LogP contribution in [0.2, 0.25) is 0 Å². The Morgan fingerprint density at radius 1 is 1.25 bits per heavy atom. The third-order valence-electron chi connectivity index (χ3n) is 3.57. The molecule has 0 radical (unpaired) electrons. The number of carbonyl (C=O) groups excluding carboxylic acids is 1. The first-order valence-corrected chi connectivity index (χ1v) is 6.48. The fraction of sp³-hybridized carbons (Fsp3) is 0.917. The van der Waals surface area contributed by atoms with Crippen LogP contribution in [-0.2, 0) is 4.74 Å². The van der Waals surface area contributed by atoms with Gasteiger partial charge in [0.2, 0.25) is 0 Å². The van der Waals surface area contributed by atoms with E-state index in [9.17, 15) is 4.79 Å². The third-order valence-corrected chi connectivity index (χ3v) is 3.57. The summed E-state index contributed by atoms with van der Waals surface area (Å²) in [5.41, 5.74) is 0. The lowest BCUT2D eigenvalue weighted by molar-refractivity contribution is 0.102. The fourth-order valence-corrected chi connectivity index (χ4v) is 2.47. The van der Waals surface area contributed by atoms with Gasteiger partial charge in [-0.15, -0.1) is 0 Å². The highest BCUT2D eigenvalue weighted by atomic mass is 16.6. The Morgan fingerprint density at radius 3 is 2.62 bits per heavy atom. The van der Waals surface area contributed by atoms with Gasteiger partial charge in [-0.25, -0.2) is 4.79 Å². The summed E-state index contributed by atoms with van der Waals surface area (Å²) in [6.45, 7) is 4.59. The van der Waals surface area contributed by atoms with Crippen LogP contribution < -0.4 is 5.32 Å². The van der Waals surface area contributed by atoms with Crippen molar-refractivity contribution in [3.8, 4) is 0 Å². The van der Waals surface area contributed by atoms with Crippen LogP contribution in [0.15, 0.2) is 0 Å². The van der Waals surface area contributed by atoms with Crippen molar-refractivity contribution in [2.75, 3.05) is 32.8 Å². The van der Waals surface area contributed by atoms with Crippen molar-refractivity contribution in [3.05, 3.63) is 0 Å². The molecule has 2 fully saturated rings. The summed E-state index contributed by atoms with van der Waals surface area (Å²) in [6, 6.07) is 0. The van der Waals surface area contributed by atoms with Gasteiger partial charge in [-0.2, -0.15) is 0 Å². The first kappa shape index (κ1) is 11.7. The van der Waals surface area contributed by atoms with E-state index in [0.717, 1.165) is 51.4 Å². The largest absolute Gasteiger partial charge is 0.449 e. The van der Waals surface area contributed by atoms with E-state index in [0.29, 0.717) is 6.61 Å². The monoisotopic (exact) mass is 226 g/mol. The van der Waals surface area contributed by atoms with Crippen LogP contribution in [0.4, 0.5) is 4.79 Å². The van der Waals surface area contributed by atoms with E-state index in [4.69, 9.17) is 4.74 Å². The van der Waals surface area contributed by atoms with Gasteiger partial charge in [0.25, 0.3) is 0 Å². The predicted molar refractivity (Wildman–Crippen MR) is 62.4 cm³/mol. The molecule has 2 saturated heterocycles. The van der Waals surface area contributed by atoms with Crippen molar-refractivity contribution in [2.24, 2.45) is 5.92 Å². The van der Waals surface area contributed by atoms with Crippen LogP contribution in [0.3, 0.4) is 0 Å². The van der Waals surface area contributed by atoms with Crippen LogP contribution in [0.1, 0.15) is 32.1 Å². The molecule has 0 bridgehead atoms. The standard InChI is InChI=1S/C12H22N2O2/c15-12(14-8-1-2-9-14)16-10-5-11-3-6-13-7-4-11/h11,13H,1-10H2. The first-order chi connectivity index (χ1) is 7.86. The minimum Gasteiger partial charge on any atom is -0.449 e. The van der Waals surface area contributed by atoms with Crippen molar-refractivity contribution >= 4 is 6.09 Å². The van der Waals surface area contributed by atoms with Crippen LogP contribution in [0.5, 0.6) is 0 Å². The number of likely N-dealkylation sites (tertiary alicyclic amines) is 1. The van der Waals surface area contributed by atoms with Crippen molar-refractivity contribution in [1.29, 1.82) is 0 Å². The van der Waals surface area contributed by atoms with Gasteiger partial charge in [0, 0.05) is 13.1 Å². The molecular weight excluding hydrogens is 204 g/mol. The number of nitrogens with one attached hydrogen (secondary N) is 1. The molecule has 0 aromatic rings. The molecule has 2 rings (SSSR count). The average molecular weight is 226 g/mol. The lowest BCUT2D eigenvalue weighted by Gasteiger charge is -2.22. The number of piperidine rings is 1. The first-order valence-electron chi connectivity index (χ1n) is 6.48. The third kappa shape index (κ3) is 3.37. The number of nitrogens with zero attached hydrogens (tertiary/aromatic N) is 1. The molecule has 0 aromatic carbocycles. The molecule has 0 aliphatic carbocycles. The maximum absolute atomic E-state index is 11.6. The number of hydrogen-bond donors (Lipinski definition) is 1. The Hall–Kier alpha value is -0.770. The highest BCUT2D eigenvalue weighted by Crippen LogP contribution is 2.16. The fourth-order valence-electron chi connectivity index (χ4n) is 2.47. The zero-order valence-electron chi connectivity index (χ0n) is 9.91. The lowest BCUT2D eigenvalue weighted by atomic mass is 9.95. The number of ether oxygens (including phenoxy) is 1. The van der Waals surface area contributed by atoms with Crippen molar-refractivity contribution in [1.82, 2.24) is 10.2 Å². The Balaban J connectivity index is 1.57. The van der Waals surface area contributed by atoms with Gasteiger partial charge in [0.05, 0.1) is 6.61 Å². The number of amides is 1. The topological polar surface area (TPSA) is 41.6 Å². The van der Waals surface area contributed by atoms with Gasteiger partial charge >= 0.3 is 6.09 Å². The summed E-state index contributed by atoms with van der Waals surface area (Å²) in [5.74, 6) is 0.743. The lowest BCUT2D eigenvalue weighted by Crippen LogP contribution is -2.30. The molecule has 0 spiro atoms. The molecule has 0 saturated carbocycles. The molecule has 1 amide bonds. The van der Waals surface area contributed by atoms with Gasteiger partial charge in [-0.3, -0.25) is 0 Å². The van der Waals surface area contributed by atoms with E-state index in [1.807, 2.05) is 4.90 Å². The van der Waals surface area contributed by atoms with Gasteiger partial charge in [0.15, 0.2) is 0 Å². The second kappa shape index (κ2) is 6.09. The van der Waals surface area contributed by atoms with Crippen molar-refractivity contribution in [3.63, 3.8) is 0 Å². The minimum absolute atomic E-state index is 0.105. The number of hydrogen-bond acceptors (Lipinski definition) is 3. The molecule has 0 unspecified atom stereocenters. The van der Waals surface area contributed by atoms with Crippen LogP contribution in [-0.4, -0.2) is 43.8 Å². The molecule has 0 atom stereocenters. The maximum Gasteiger partial charge on any atom is 0.409 e. The smallest absolute Gasteiger partial charge is 0.409 e. The molecule has 2 aliphatic heterocycles. The number of carbonyl (C=O) groups is 1. The SMILES string of the molecule is O=C(OCCC1CCNCC1)N1CCCC1. The summed E-state index contributed by atoms with van der Waals surface area (Å²) in [7, 11) is 0. The van der Waals surface area contributed by atoms with Crippen LogP contribution >= 0.6 is 0 Å². The zero-order valence-corrected chi connectivity index (χ0v) is 9.91. The summed E-state index contributed by atoms with van der Waals surface area (Å²) in [5, 5.41) is 3.34. The molecule has 2 aliphatic rings. The predicted octanol–water partition coefficient (Wildman–Crippen LogP) is 1.61. The van der Waals surface area contributed by atoms with Gasteiger partial charge in [-0.05, 0) is 51.1 Å². The van der Waals surface area contributed by atoms with Crippen LogP contribution in [0.25, 0.3) is 0 Å². The quantitative estimate of drug-likeness (QED) is 0.795. The normalized spacial score (nSPS) is 22.4. The number of rotatable bonds is 3. The molecule has 4 nitrogen and oxygen atoms in total. The van der Waals surface area contributed by atoms with E-state index < -0.39 is 0 Å². The Kier molecular flexibility index (Phi) is 4.45. The molecule has 2 heterocycles.